The van der Waals surface area contributed by atoms with Crippen LogP contribution in [0, 0.1) is 5.92 Å². The van der Waals surface area contributed by atoms with Crippen molar-refractivity contribution in [1.82, 2.24) is 14.7 Å². The van der Waals surface area contributed by atoms with Crippen LogP contribution >= 0.6 is 0 Å². The van der Waals surface area contributed by atoms with Crippen molar-refractivity contribution in [1.29, 1.82) is 0 Å². The van der Waals surface area contributed by atoms with Gasteiger partial charge in [0.05, 0.1) is 23.8 Å². The van der Waals surface area contributed by atoms with Crippen LogP contribution in [0.15, 0.2) is 82.6 Å². The Morgan fingerprint density at radius 3 is 2.42 bits per heavy atom. The molecule has 3 aliphatic rings. The number of benzene rings is 3. The van der Waals surface area contributed by atoms with E-state index < -0.39 is 29.5 Å². The number of rotatable bonds is 8. The number of amides is 1. The van der Waals surface area contributed by atoms with Crippen LogP contribution in [0.4, 0.5) is 19.0 Å². The SMILES string of the molecule is CCOC(=O)C1C(CCc2ccc(C(F)(F)F)cc2)=Nc2c(c(=O)n3n2CCC3)C1c1ccc(C(=O)N[C@@H]2CCc3ccccc32)cc1. The lowest BCUT2D eigenvalue weighted by Gasteiger charge is -2.30. The standard InChI is InChI=1S/C37H35F3N4O4/c1-2-48-36(47)31-29(18-10-22-8-16-26(17-9-22)37(38,39)40)41-33-32(35(46)44-21-5-20-43(33)44)30(31)24-11-13-25(14-12-24)34(45)42-28-19-15-23-6-3-4-7-27(23)28/h3-4,6-9,11-14,16-17,28,30-31H,2,5,10,15,18-21H2,1H3,(H,42,45)/t28-,30?,31?/m1/s1. The van der Waals surface area contributed by atoms with Gasteiger partial charge in [-0.25, -0.2) is 9.67 Å². The number of aromatic nitrogens is 2. The molecule has 0 saturated heterocycles. The Hall–Kier alpha value is -4.93. The topological polar surface area (TPSA) is 94.7 Å². The zero-order valence-electron chi connectivity index (χ0n) is 26.4. The molecule has 1 amide bonds. The van der Waals surface area contributed by atoms with E-state index in [0.29, 0.717) is 53.3 Å². The van der Waals surface area contributed by atoms with Gasteiger partial charge in [0, 0.05) is 30.3 Å². The van der Waals surface area contributed by atoms with Gasteiger partial charge < -0.3 is 10.1 Å². The first kappa shape index (κ1) is 31.7. The molecule has 0 spiro atoms. The first-order valence-corrected chi connectivity index (χ1v) is 16.4. The summed E-state index contributed by atoms with van der Waals surface area (Å²) in [5.41, 5.74) is 4.11. The summed E-state index contributed by atoms with van der Waals surface area (Å²) in [5, 5.41) is 3.14. The number of ether oxygens (including phenoxy) is 1. The number of fused-ring (bicyclic) bond motifs is 4. The summed E-state index contributed by atoms with van der Waals surface area (Å²) in [7, 11) is 0. The summed E-state index contributed by atoms with van der Waals surface area (Å²) in [6, 6.07) is 20.0. The third-order valence-electron chi connectivity index (χ3n) is 9.70. The average Bonchev–Trinajstić information content (AvgIpc) is 3.80. The summed E-state index contributed by atoms with van der Waals surface area (Å²) >= 11 is 0. The molecule has 11 heteroatoms. The Labute approximate surface area is 275 Å². The van der Waals surface area contributed by atoms with Crippen molar-refractivity contribution in [2.75, 3.05) is 6.61 Å². The number of hydrogen-bond acceptors (Lipinski definition) is 5. The number of hydrogen-bond donors (Lipinski definition) is 1. The molecule has 2 unspecified atom stereocenters. The van der Waals surface area contributed by atoms with Gasteiger partial charge >= 0.3 is 12.1 Å². The van der Waals surface area contributed by atoms with E-state index in [2.05, 4.69) is 11.4 Å². The lowest BCUT2D eigenvalue weighted by Crippen LogP contribution is -2.37. The van der Waals surface area contributed by atoms with Gasteiger partial charge in [-0.2, -0.15) is 13.2 Å². The van der Waals surface area contributed by atoms with E-state index in [-0.39, 0.29) is 30.5 Å². The molecule has 7 rings (SSSR count). The molecule has 0 radical (unpaired) electrons. The maximum atomic E-state index is 13.8. The molecule has 2 aliphatic heterocycles. The quantitative estimate of drug-likeness (QED) is 0.219. The van der Waals surface area contributed by atoms with Crippen LogP contribution in [-0.2, 0) is 41.6 Å². The number of aryl methyl sites for hydroxylation is 2. The second kappa shape index (κ2) is 12.6. The van der Waals surface area contributed by atoms with Gasteiger partial charge in [0.1, 0.15) is 5.92 Å². The monoisotopic (exact) mass is 656 g/mol. The maximum absolute atomic E-state index is 13.8. The van der Waals surface area contributed by atoms with Gasteiger partial charge in [-0.1, -0.05) is 48.5 Å². The minimum absolute atomic E-state index is 0.0744. The summed E-state index contributed by atoms with van der Waals surface area (Å²) in [4.78, 5) is 45.8. The van der Waals surface area contributed by atoms with Crippen molar-refractivity contribution in [2.24, 2.45) is 10.9 Å². The lowest BCUT2D eigenvalue weighted by molar-refractivity contribution is -0.146. The molecular weight excluding hydrogens is 621 g/mol. The van der Waals surface area contributed by atoms with Crippen LogP contribution in [0.25, 0.3) is 0 Å². The van der Waals surface area contributed by atoms with Gasteiger partial charge in [-0.3, -0.25) is 19.1 Å². The van der Waals surface area contributed by atoms with Crippen molar-refractivity contribution >= 4 is 23.4 Å². The normalized spacial score (nSPS) is 19.7. The Kier molecular flexibility index (Phi) is 8.30. The van der Waals surface area contributed by atoms with Gasteiger partial charge in [0.15, 0.2) is 5.82 Å². The second-order valence-corrected chi connectivity index (χ2v) is 12.5. The lowest BCUT2D eigenvalue weighted by atomic mass is 9.75. The highest BCUT2D eigenvalue weighted by Crippen LogP contribution is 2.43. The number of carbonyl (C=O) groups is 2. The first-order valence-electron chi connectivity index (χ1n) is 16.4. The van der Waals surface area contributed by atoms with E-state index in [0.717, 1.165) is 37.0 Å². The fourth-order valence-electron chi connectivity index (χ4n) is 7.37. The molecule has 4 aromatic rings. The number of aliphatic imine (C=N–C) groups is 1. The van der Waals surface area contributed by atoms with E-state index in [9.17, 15) is 27.6 Å². The third-order valence-corrected chi connectivity index (χ3v) is 9.70. The van der Waals surface area contributed by atoms with Crippen molar-refractivity contribution in [2.45, 2.75) is 70.3 Å². The van der Waals surface area contributed by atoms with Crippen molar-refractivity contribution < 1.29 is 27.5 Å². The fourth-order valence-corrected chi connectivity index (χ4v) is 7.37. The molecule has 0 bridgehead atoms. The average molecular weight is 657 g/mol. The number of nitrogens with zero attached hydrogens (tertiary/aromatic N) is 3. The minimum atomic E-state index is -4.44. The van der Waals surface area contributed by atoms with E-state index in [1.807, 2.05) is 22.9 Å². The largest absolute Gasteiger partial charge is 0.465 e. The van der Waals surface area contributed by atoms with Crippen LogP contribution in [0.2, 0.25) is 0 Å². The summed E-state index contributed by atoms with van der Waals surface area (Å²) < 4.78 is 48.5. The minimum Gasteiger partial charge on any atom is -0.465 e. The van der Waals surface area contributed by atoms with Gasteiger partial charge in [0.25, 0.3) is 11.5 Å². The molecule has 3 aromatic carbocycles. The molecule has 3 atom stereocenters. The van der Waals surface area contributed by atoms with Crippen LogP contribution in [0.5, 0.6) is 0 Å². The summed E-state index contributed by atoms with van der Waals surface area (Å²) in [5.74, 6) is -1.91. The molecule has 0 saturated carbocycles. The van der Waals surface area contributed by atoms with Crippen molar-refractivity contribution in [3.63, 3.8) is 0 Å². The van der Waals surface area contributed by atoms with Crippen LogP contribution < -0.4 is 10.9 Å². The number of carbonyl (C=O) groups excluding carboxylic acids is 2. The summed E-state index contributed by atoms with van der Waals surface area (Å²) in [6.45, 7) is 2.96. The smallest absolute Gasteiger partial charge is 0.416 e. The van der Waals surface area contributed by atoms with Gasteiger partial charge in [-0.05, 0) is 85.5 Å². The molecule has 1 N–H and O–H groups in total. The highest BCUT2D eigenvalue weighted by atomic mass is 19.4. The van der Waals surface area contributed by atoms with E-state index in [1.54, 1.807) is 35.9 Å². The molecule has 3 heterocycles. The predicted molar refractivity (Wildman–Crippen MR) is 174 cm³/mol. The number of nitrogens with one attached hydrogen (secondary N) is 1. The van der Waals surface area contributed by atoms with E-state index in [4.69, 9.17) is 9.73 Å². The summed E-state index contributed by atoms with van der Waals surface area (Å²) in [6.07, 6.45) is -1.32. The Bertz CT molecular complexity index is 1960. The second-order valence-electron chi connectivity index (χ2n) is 12.5. The molecule has 0 fully saturated rings. The van der Waals surface area contributed by atoms with Crippen LogP contribution in [0.3, 0.4) is 0 Å². The highest BCUT2D eigenvalue weighted by molar-refractivity contribution is 6.06. The fraction of sp³-hybridized carbons (Fsp3) is 0.351. The van der Waals surface area contributed by atoms with Gasteiger partial charge in [-0.15, -0.1) is 0 Å². The Balaban J connectivity index is 1.22. The molecule has 8 nitrogen and oxygen atoms in total. The Morgan fingerprint density at radius 2 is 1.69 bits per heavy atom. The van der Waals surface area contributed by atoms with Crippen molar-refractivity contribution in [3.05, 3.63) is 122 Å². The number of esters is 1. The number of halogens is 3. The van der Waals surface area contributed by atoms with Gasteiger partial charge in [0.2, 0.25) is 0 Å². The van der Waals surface area contributed by atoms with E-state index >= 15 is 0 Å². The molecule has 48 heavy (non-hydrogen) atoms. The van der Waals surface area contributed by atoms with Crippen LogP contribution in [0.1, 0.15) is 81.9 Å². The van der Waals surface area contributed by atoms with Crippen molar-refractivity contribution in [3.8, 4) is 0 Å². The van der Waals surface area contributed by atoms with Crippen LogP contribution in [-0.4, -0.2) is 33.6 Å². The predicted octanol–water partition coefficient (Wildman–Crippen LogP) is 6.52. The molecule has 1 aromatic heterocycles. The molecule has 1 aliphatic carbocycles. The zero-order chi connectivity index (χ0) is 33.6. The number of alkyl halides is 3. The van der Waals surface area contributed by atoms with E-state index in [1.165, 1.54) is 17.7 Å². The Morgan fingerprint density at radius 1 is 0.958 bits per heavy atom. The molecular formula is C37H35F3N4O4. The first-order chi connectivity index (χ1) is 23.1. The molecule has 248 valence electrons. The maximum Gasteiger partial charge on any atom is 0.416 e. The third kappa shape index (κ3) is 5.75. The zero-order valence-corrected chi connectivity index (χ0v) is 26.4. The highest BCUT2D eigenvalue weighted by Gasteiger charge is 2.44.